The summed E-state index contributed by atoms with van der Waals surface area (Å²) in [4.78, 5) is 11.9. The van der Waals surface area contributed by atoms with Crippen LogP contribution < -0.4 is 10.6 Å². The molecule has 0 aliphatic carbocycles. The largest absolute Gasteiger partial charge is 0.348 e. The third-order valence-electron chi connectivity index (χ3n) is 3.25. The molecule has 1 aromatic carbocycles. The van der Waals surface area contributed by atoms with Crippen molar-refractivity contribution in [3.05, 3.63) is 35.4 Å². The predicted octanol–water partition coefficient (Wildman–Crippen LogP) is 1.84. The predicted molar refractivity (Wildman–Crippen MR) is 64.3 cm³/mol. The number of rotatable bonds is 2. The van der Waals surface area contributed by atoms with Crippen LogP contribution >= 0.6 is 0 Å². The van der Waals surface area contributed by atoms with Gasteiger partial charge in [0.15, 0.2) is 0 Å². The molecule has 2 atom stereocenters. The molecular weight excluding hydrogens is 238 g/mol. The van der Waals surface area contributed by atoms with Crippen molar-refractivity contribution in [1.82, 2.24) is 10.6 Å². The molecule has 98 valence electrons. The highest BCUT2D eigenvalue weighted by atomic mass is 19.1. The molecule has 1 heterocycles. The van der Waals surface area contributed by atoms with Gasteiger partial charge in [0.1, 0.15) is 11.6 Å². The van der Waals surface area contributed by atoms with Crippen LogP contribution in [0, 0.1) is 11.6 Å². The Hall–Kier alpha value is -1.49. The van der Waals surface area contributed by atoms with Gasteiger partial charge in [0.25, 0.3) is 5.91 Å². The molecule has 1 aliphatic rings. The number of benzene rings is 1. The molecule has 1 amide bonds. The topological polar surface area (TPSA) is 41.1 Å². The zero-order chi connectivity index (χ0) is 13.1. The lowest BCUT2D eigenvalue weighted by Gasteiger charge is -2.30. The number of carbonyl (C=O) groups is 1. The van der Waals surface area contributed by atoms with Crippen LogP contribution in [0.15, 0.2) is 18.2 Å². The molecule has 1 aliphatic heterocycles. The first-order chi connectivity index (χ1) is 8.58. The molecule has 0 radical (unpaired) electrons. The third kappa shape index (κ3) is 2.85. The third-order valence-corrected chi connectivity index (χ3v) is 3.25. The smallest absolute Gasteiger partial charge is 0.254 e. The second kappa shape index (κ2) is 5.44. The number of hydrogen-bond donors (Lipinski definition) is 2. The lowest BCUT2D eigenvalue weighted by atomic mass is 9.99. The quantitative estimate of drug-likeness (QED) is 0.845. The molecule has 0 bridgehead atoms. The Balaban J connectivity index is 2.09. The number of amides is 1. The average Bonchev–Trinajstić information content (AvgIpc) is 2.35. The molecular formula is C13H16F2N2O. The Labute approximate surface area is 105 Å². The van der Waals surface area contributed by atoms with Gasteiger partial charge in [-0.2, -0.15) is 0 Å². The van der Waals surface area contributed by atoms with Crippen LogP contribution in [0.3, 0.4) is 0 Å². The van der Waals surface area contributed by atoms with Gasteiger partial charge in [-0.05, 0) is 44.5 Å². The molecule has 0 spiro atoms. The molecule has 0 aromatic heterocycles. The van der Waals surface area contributed by atoms with Gasteiger partial charge in [0.05, 0.1) is 5.56 Å². The minimum atomic E-state index is -0.703. The van der Waals surface area contributed by atoms with Crippen molar-refractivity contribution in [3.8, 4) is 0 Å². The summed E-state index contributed by atoms with van der Waals surface area (Å²) in [5.41, 5.74) is -0.243. The van der Waals surface area contributed by atoms with E-state index in [1.54, 1.807) is 0 Å². The maximum absolute atomic E-state index is 13.4. The average molecular weight is 254 g/mol. The van der Waals surface area contributed by atoms with Crippen molar-refractivity contribution < 1.29 is 13.6 Å². The molecule has 2 rings (SSSR count). The van der Waals surface area contributed by atoms with Crippen LogP contribution in [0.4, 0.5) is 8.78 Å². The van der Waals surface area contributed by atoms with E-state index in [1.807, 2.05) is 6.92 Å². The van der Waals surface area contributed by atoms with Gasteiger partial charge in [-0.25, -0.2) is 8.78 Å². The Morgan fingerprint density at radius 2 is 2.22 bits per heavy atom. The van der Waals surface area contributed by atoms with Gasteiger partial charge < -0.3 is 10.6 Å². The van der Waals surface area contributed by atoms with Gasteiger partial charge in [0, 0.05) is 12.1 Å². The first-order valence-electron chi connectivity index (χ1n) is 6.07. The summed E-state index contributed by atoms with van der Waals surface area (Å²) in [7, 11) is 0. The molecule has 2 N–H and O–H groups in total. The molecule has 1 fully saturated rings. The van der Waals surface area contributed by atoms with E-state index >= 15 is 0 Å². The second-order valence-corrected chi connectivity index (χ2v) is 4.59. The Bertz CT molecular complexity index is 451. The summed E-state index contributed by atoms with van der Waals surface area (Å²) in [5, 5.41) is 5.98. The standard InChI is InChI=1S/C13H16F2N2O/c1-8-12(3-2-6-16-8)17-13(18)10-7-9(14)4-5-11(10)15/h4-5,7-8,12,16H,2-3,6H2,1H3,(H,17,18)/t8-,12+/m1/s1. The first kappa shape index (κ1) is 13.0. The number of carbonyl (C=O) groups excluding carboxylic acids is 1. The molecule has 5 heteroatoms. The lowest BCUT2D eigenvalue weighted by Crippen LogP contribution is -2.52. The van der Waals surface area contributed by atoms with Crippen molar-refractivity contribution >= 4 is 5.91 Å². The van der Waals surface area contributed by atoms with Crippen LogP contribution in [-0.2, 0) is 0 Å². The summed E-state index contributed by atoms with van der Waals surface area (Å²) in [6, 6.07) is 2.98. The fraction of sp³-hybridized carbons (Fsp3) is 0.462. The van der Waals surface area contributed by atoms with Crippen LogP contribution in [-0.4, -0.2) is 24.5 Å². The van der Waals surface area contributed by atoms with Crippen molar-refractivity contribution in [3.63, 3.8) is 0 Å². The van der Waals surface area contributed by atoms with E-state index < -0.39 is 17.5 Å². The van der Waals surface area contributed by atoms with Gasteiger partial charge in [-0.3, -0.25) is 4.79 Å². The van der Waals surface area contributed by atoms with Gasteiger partial charge >= 0.3 is 0 Å². The fourth-order valence-electron chi connectivity index (χ4n) is 2.16. The molecule has 3 nitrogen and oxygen atoms in total. The fourth-order valence-corrected chi connectivity index (χ4v) is 2.16. The summed E-state index contributed by atoms with van der Waals surface area (Å²) >= 11 is 0. The van der Waals surface area contributed by atoms with Gasteiger partial charge in [-0.1, -0.05) is 0 Å². The monoisotopic (exact) mass is 254 g/mol. The molecule has 18 heavy (non-hydrogen) atoms. The number of nitrogens with one attached hydrogen (secondary N) is 2. The van der Waals surface area contributed by atoms with Crippen molar-refractivity contribution in [2.45, 2.75) is 31.8 Å². The van der Waals surface area contributed by atoms with Crippen molar-refractivity contribution in [2.75, 3.05) is 6.54 Å². The van der Waals surface area contributed by atoms with Crippen LogP contribution in [0.2, 0.25) is 0 Å². The van der Waals surface area contributed by atoms with Crippen LogP contribution in [0.25, 0.3) is 0 Å². The maximum atomic E-state index is 13.4. The summed E-state index contributed by atoms with van der Waals surface area (Å²) < 4.78 is 26.4. The molecule has 1 aromatic rings. The van der Waals surface area contributed by atoms with E-state index in [4.69, 9.17) is 0 Å². The van der Waals surface area contributed by atoms with Crippen molar-refractivity contribution in [2.24, 2.45) is 0 Å². The summed E-state index contributed by atoms with van der Waals surface area (Å²) in [6.07, 6.45) is 1.80. The SMILES string of the molecule is C[C@H]1NCCC[C@@H]1NC(=O)c1cc(F)ccc1F. The zero-order valence-electron chi connectivity index (χ0n) is 10.2. The van der Waals surface area contributed by atoms with E-state index in [0.29, 0.717) is 0 Å². The van der Waals surface area contributed by atoms with Crippen LogP contribution in [0.5, 0.6) is 0 Å². The molecule has 0 unspecified atom stereocenters. The van der Waals surface area contributed by atoms with Gasteiger partial charge in [-0.15, -0.1) is 0 Å². The first-order valence-corrected chi connectivity index (χ1v) is 6.07. The summed E-state index contributed by atoms with van der Waals surface area (Å²) in [6.45, 7) is 2.88. The van der Waals surface area contributed by atoms with E-state index in [0.717, 1.165) is 37.6 Å². The van der Waals surface area contributed by atoms with E-state index in [1.165, 1.54) is 0 Å². The zero-order valence-corrected chi connectivity index (χ0v) is 10.2. The highest BCUT2D eigenvalue weighted by Gasteiger charge is 2.24. The second-order valence-electron chi connectivity index (χ2n) is 4.59. The molecule has 1 saturated heterocycles. The highest BCUT2D eigenvalue weighted by molar-refractivity contribution is 5.94. The number of piperidine rings is 1. The molecule has 0 saturated carbocycles. The minimum absolute atomic E-state index is 0.0473. The van der Waals surface area contributed by atoms with Crippen molar-refractivity contribution in [1.29, 1.82) is 0 Å². The van der Waals surface area contributed by atoms with Crippen LogP contribution in [0.1, 0.15) is 30.1 Å². The highest BCUT2D eigenvalue weighted by Crippen LogP contribution is 2.12. The Morgan fingerprint density at radius 1 is 1.44 bits per heavy atom. The van der Waals surface area contributed by atoms with E-state index in [2.05, 4.69) is 10.6 Å². The summed E-state index contributed by atoms with van der Waals surface area (Å²) in [5.74, 6) is -1.88. The number of halogens is 2. The van der Waals surface area contributed by atoms with E-state index in [9.17, 15) is 13.6 Å². The maximum Gasteiger partial charge on any atom is 0.254 e. The minimum Gasteiger partial charge on any atom is -0.348 e. The van der Waals surface area contributed by atoms with E-state index in [-0.39, 0.29) is 17.6 Å². The lowest BCUT2D eigenvalue weighted by molar-refractivity contribution is 0.0915. The normalized spacial score (nSPS) is 23.7. The Morgan fingerprint density at radius 3 is 2.94 bits per heavy atom. The van der Waals surface area contributed by atoms with Gasteiger partial charge in [0.2, 0.25) is 0 Å². The number of hydrogen-bond acceptors (Lipinski definition) is 2. The Kier molecular flexibility index (Phi) is 3.91.